The molecule has 0 saturated carbocycles. The van der Waals surface area contributed by atoms with E-state index >= 15 is 0 Å². The summed E-state index contributed by atoms with van der Waals surface area (Å²) < 4.78 is 0. The summed E-state index contributed by atoms with van der Waals surface area (Å²) in [6.45, 7) is 4.54. The third-order valence-corrected chi connectivity index (χ3v) is 6.75. The fourth-order valence-corrected chi connectivity index (χ4v) is 4.60. The van der Waals surface area contributed by atoms with Crippen molar-refractivity contribution in [2.24, 2.45) is 0 Å². The minimum Gasteiger partial charge on any atom is -0.236 e. The summed E-state index contributed by atoms with van der Waals surface area (Å²) in [5, 5.41) is 0. The largest absolute Gasteiger partial charge is 0.236 e. The van der Waals surface area contributed by atoms with Crippen molar-refractivity contribution in [3.63, 3.8) is 0 Å². The highest BCUT2D eigenvalue weighted by Crippen LogP contribution is 2.23. The fourth-order valence-electron chi connectivity index (χ4n) is 3.69. The van der Waals surface area contributed by atoms with Crippen molar-refractivity contribution in [1.29, 1.82) is 0 Å². The van der Waals surface area contributed by atoms with E-state index in [9.17, 15) is 0 Å². The molecule has 1 aromatic carbocycles. The Balaban J connectivity index is 1.65. The van der Waals surface area contributed by atoms with Gasteiger partial charge in [-0.3, -0.25) is 0 Å². The number of hydrogen-bond donors (Lipinski definition) is 0. The van der Waals surface area contributed by atoms with Crippen LogP contribution in [0.5, 0.6) is 0 Å². The van der Waals surface area contributed by atoms with E-state index in [1.165, 1.54) is 99.7 Å². The zero-order valence-corrected chi connectivity index (χ0v) is 20.2. The number of benzene rings is 1. The predicted octanol–water partition coefficient (Wildman–Crippen LogP) is 8.89. The lowest BCUT2D eigenvalue weighted by Gasteiger charge is -2.05. The maximum absolute atomic E-state index is 4.61. The lowest BCUT2D eigenvalue weighted by molar-refractivity contribution is 0.603. The molecular weight excluding hydrogens is 384 g/mol. The van der Waals surface area contributed by atoms with Gasteiger partial charge in [0.2, 0.25) is 0 Å². The number of hydrogen-bond acceptors (Lipinski definition) is 3. The van der Waals surface area contributed by atoms with Crippen LogP contribution in [-0.4, -0.2) is 15.7 Å². The molecule has 30 heavy (non-hydrogen) atoms. The second-order valence-electron chi connectivity index (χ2n) is 8.43. The summed E-state index contributed by atoms with van der Waals surface area (Å²) in [7, 11) is 0. The quantitative estimate of drug-likeness (QED) is 0.186. The van der Waals surface area contributed by atoms with Gasteiger partial charge in [-0.25, -0.2) is 9.97 Å². The van der Waals surface area contributed by atoms with E-state index in [1.54, 1.807) is 0 Å². The Kier molecular flexibility index (Phi) is 13.6. The molecule has 3 heteroatoms. The Morgan fingerprint density at radius 3 is 1.77 bits per heavy atom. The van der Waals surface area contributed by atoms with E-state index in [0.29, 0.717) is 0 Å². The molecule has 0 aliphatic rings. The molecule has 2 rings (SSSR count). The molecule has 0 unspecified atom stereocenters. The van der Waals surface area contributed by atoms with Gasteiger partial charge in [-0.1, -0.05) is 96.6 Å². The first-order chi connectivity index (χ1) is 14.8. The summed E-state index contributed by atoms with van der Waals surface area (Å²) in [6.07, 6.45) is 22.7. The Hall–Kier alpha value is -1.35. The van der Waals surface area contributed by atoms with Crippen molar-refractivity contribution in [2.75, 3.05) is 5.75 Å². The zero-order chi connectivity index (χ0) is 21.3. The van der Waals surface area contributed by atoms with Gasteiger partial charge in [0.15, 0.2) is 5.82 Å². The average Bonchev–Trinajstić information content (AvgIpc) is 2.79. The molecule has 166 valence electrons. The molecule has 2 aromatic rings. The molecule has 0 atom stereocenters. The Labute approximate surface area is 189 Å². The van der Waals surface area contributed by atoms with Crippen molar-refractivity contribution in [1.82, 2.24) is 9.97 Å². The highest BCUT2D eigenvalue weighted by Gasteiger charge is 2.03. The summed E-state index contributed by atoms with van der Waals surface area (Å²) in [5.41, 5.74) is 2.37. The van der Waals surface area contributed by atoms with E-state index in [2.05, 4.69) is 48.1 Å². The highest BCUT2D eigenvalue weighted by molar-refractivity contribution is 7.99. The van der Waals surface area contributed by atoms with Crippen LogP contribution < -0.4 is 0 Å². The molecule has 0 fully saturated rings. The third kappa shape index (κ3) is 10.6. The highest BCUT2D eigenvalue weighted by atomic mass is 32.2. The van der Waals surface area contributed by atoms with E-state index < -0.39 is 0 Å². The minimum absolute atomic E-state index is 0.838. The van der Waals surface area contributed by atoms with Gasteiger partial charge in [0.05, 0.1) is 0 Å². The van der Waals surface area contributed by atoms with Gasteiger partial charge in [0.1, 0.15) is 0 Å². The first-order valence-corrected chi connectivity index (χ1v) is 13.4. The van der Waals surface area contributed by atoms with Crippen LogP contribution in [0.2, 0.25) is 0 Å². The number of thioether (sulfide) groups is 1. The van der Waals surface area contributed by atoms with Crippen LogP contribution in [0, 0.1) is 0 Å². The van der Waals surface area contributed by atoms with E-state index in [-0.39, 0.29) is 0 Å². The number of nitrogens with zero attached hydrogens (tertiary/aromatic N) is 2. The summed E-state index contributed by atoms with van der Waals surface area (Å²) in [4.78, 5) is 10.6. The van der Waals surface area contributed by atoms with Crippen LogP contribution in [0.15, 0.2) is 41.6 Å². The third-order valence-electron chi connectivity index (χ3n) is 5.65. The molecular formula is C27H42N2S. The van der Waals surface area contributed by atoms with E-state index in [0.717, 1.165) is 17.8 Å². The standard InChI is InChI=1S/C27H42N2S/c1-3-5-7-9-11-13-15-21-30-26-19-17-25(18-20-26)27-28-22-24(23-29-27)16-14-12-10-8-6-4-2/h17-20,22-23H,3-16,21H2,1-2H3. The van der Waals surface area contributed by atoms with E-state index in [4.69, 9.17) is 0 Å². The average molecular weight is 427 g/mol. The van der Waals surface area contributed by atoms with Crippen molar-refractivity contribution in [2.45, 2.75) is 109 Å². The van der Waals surface area contributed by atoms with Crippen LogP contribution in [-0.2, 0) is 6.42 Å². The lowest BCUT2D eigenvalue weighted by Crippen LogP contribution is -1.93. The molecule has 0 spiro atoms. The van der Waals surface area contributed by atoms with Gasteiger partial charge >= 0.3 is 0 Å². The van der Waals surface area contributed by atoms with Crippen molar-refractivity contribution in [3.05, 3.63) is 42.2 Å². The van der Waals surface area contributed by atoms with Gasteiger partial charge in [-0.15, -0.1) is 11.8 Å². The van der Waals surface area contributed by atoms with Gasteiger partial charge in [-0.05, 0) is 42.7 Å². The van der Waals surface area contributed by atoms with Crippen LogP contribution in [0.3, 0.4) is 0 Å². The second-order valence-corrected chi connectivity index (χ2v) is 9.60. The molecule has 0 bridgehead atoms. The Bertz CT molecular complexity index is 652. The van der Waals surface area contributed by atoms with Gasteiger partial charge in [0, 0.05) is 22.9 Å². The van der Waals surface area contributed by atoms with Gasteiger partial charge in [-0.2, -0.15) is 0 Å². The van der Waals surface area contributed by atoms with Crippen LogP contribution >= 0.6 is 11.8 Å². The Morgan fingerprint density at radius 1 is 0.633 bits per heavy atom. The topological polar surface area (TPSA) is 25.8 Å². The lowest BCUT2D eigenvalue weighted by atomic mass is 10.1. The maximum Gasteiger partial charge on any atom is 0.159 e. The SMILES string of the molecule is CCCCCCCCCSc1ccc(-c2ncc(CCCCCCCC)cn2)cc1. The number of aromatic nitrogens is 2. The molecule has 0 saturated heterocycles. The minimum atomic E-state index is 0.838. The number of aryl methyl sites for hydroxylation is 1. The molecule has 1 aromatic heterocycles. The van der Waals surface area contributed by atoms with Crippen LogP contribution in [0.25, 0.3) is 11.4 Å². The van der Waals surface area contributed by atoms with Gasteiger partial charge < -0.3 is 0 Å². The summed E-state index contributed by atoms with van der Waals surface area (Å²) >= 11 is 1.97. The van der Waals surface area contributed by atoms with Crippen molar-refractivity contribution >= 4 is 11.8 Å². The molecule has 0 radical (unpaired) electrons. The summed E-state index contributed by atoms with van der Waals surface area (Å²) in [6, 6.07) is 8.76. The predicted molar refractivity (Wildman–Crippen MR) is 133 cm³/mol. The van der Waals surface area contributed by atoms with Gasteiger partial charge in [0.25, 0.3) is 0 Å². The van der Waals surface area contributed by atoms with E-state index in [1.807, 2.05) is 24.2 Å². The molecule has 0 N–H and O–H groups in total. The molecule has 1 heterocycles. The second kappa shape index (κ2) is 16.4. The summed E-state index contributed by atoms with van der Waals surface area (Å²) in [5.74, 6) is 2.06. The fraction of sp³-hybridized carbons (Fsp3) is 0.630. The molecule has 0 aliphatic heterocycles. The maximum atomic E-state index is 4.61. The first kappa shape index (κ1) is 24.9. The molecule has 0 amide bonds. The molecule has 0 aliphatic carbocycles. The number of unbranched alkanes of at least 4 members (excludes halogenated alkanes) is 11. The first-order valence-electron chi connectivity index (χ1n) is 12.4. The number of rotatable bonds is 17. The normalized spacial score (nSPS) is 11.1. The van der Waals surface area contributed by atoms with Crippen molar-refractivity contribution < 1.29 is 0 Å². The Morgan fingerprint density at radius 2 is 1.17 bits per heavy atom. The molecule has 2 nitrogen and oxygen atoms in total. The zero-order valence-electron chi connectivity index (χ0n) is 19.4. The monoisotopic (exact) mass is 426 g/mol. The van der Waals surface area contributed by atoms with Crippen LogP contribution in [0.4, 0.5) is 0 Å². The van der Waals surface area contributed by atoms with Crippen molar-refractivity contribution in [3.8, 4) is 11.4 Å². The van der Waals surface area contributed by atoms with Crippen LogP contribution in [0.1, 0.15) is 103 Å². The smallest absolute Gasteiger partial charge is 0.159 e.